The zero-order chi connectivity index (χ0) is 15.3. The average Bonchev–Trinajstić information content (AvgIpc) is 2.91. The zero-order valence-corrected chi connectivity index (χ0v) is 15.4. The van der Waals surface area contributed by atoms with Gasteiger partial charge < -0.3 is 5.32 Å². The maximum absolute atomic E-state index is 12.3. The molecule has 1 heterocycles. The molecule has 0 amide bonds. The molecule has 0 fully saturated rings. The second-order valence-electron chi connectivity index (χ2n) is 4.54. The van der Waals surface area contributed by atoms with E-state index in [4.69, 9.17) is 0 Å². The van der Waals surface area contributed by atoms with E-state index in [0.29, 0.717) is 17.1 Å². The van der Waals surface area contributed by atoms with Gasteiger partial charge in [-0.2, -0.15) is 0 Å². The van der Waals surface area contributed by atoms with Crippen LogP contribution in [0.1, 0.15) is 18.2 Å². The van der Waals surface area contributed by atoms with Crippen LogP contribution in [0.25, 0.3) is 0 Å². The summed E-state index contributed by atoms with van der Waals surface area (Å²) in [5.41, 5.74) is 0.576. The van der Waals surface area contributed by atoms with Crippen LogP contribution in [0.5, 0.6) is 0 Å². The van der Waals surface area contributed by atoms with E-state index in [1.54, 1.807) is 23.6 Å². The highest BCUT2D eigenvalue weighted by atomic mass is 127. The summed E-state index contributed by atoms with van der Waals surface area (Å²) in [6, 6.07) is 8.98. The first kappa shape index (κ1) is 16.7. The molecule has 0 saturated heterocycles. The Hall–Kier alpha value is -0.640. The lowest BCUT2D eigenvalue weighted by Gasteiger charge is -2.06. The lowest BCUT2D eigenvalue weighted by molar-refractivity contribution is 0.601. The summed E-state index contributed by atoms with van der Waals surface area (Å²) in [4.78, 5) is 1.34. The first-order chi connectivity index (χ1) is 10.0. The molecule has 1 aromatic heterocycles. The summed E-state index contributed by atoms with van der Waals surface area (Å²) in [5.74, 6) is 0. The van der Waals surface area contributed by atoms with Gasteiger partial charge in [0.25, 0.3) is 10.0 Å². The van der Waals surface area contributed by atoms with E-state index in [1.165, 1.54) is 11.3 Å². The Morgan fingerprint density at radius 1 is 1.24 bits per heavy atom. The molecule has 2 aromatic rings. The SMILES string of the molecule is CCCNCc1cc(S(=O)(=O)Nc2ccc(I)cc2)cs1. The average molecular weight is 436 g/mol. The predicted octanol–water partition coefficient (Wildman–Crippen LogP) is 3.65. The summed E-state index contributed by atoms with van der Waals surface area (Å²) in [5, 5.41) is 4.94. The van der Waals surface area contributed by atoms with Crippen molar-refractivity contribution >= 4 is 49.6 Å². The third-order valence-electron chi connectivity index (χ3n) is 2.76. The van der Waals surface area contributed by atoms with Crippen LogP contribution in [-0.4, -0.2) is 15.0 Å². The van der Waals surface area contributed by atoms with Gasteiger partial charge in [0.1, 0.15) is 0 Å². The van der Waals surface area contributed by atoms with Gasteiger partial charge in [0, 0.05) is 26.1 Å². The molecule has 0 saturated carbocycles. The Balaban J connectivity index is 2.07. The fourth-order valence-electron chi connectivity index (χ4n) is 1.71. The predicted molar refractivity (Wildman–Crippen MR) is 96.3 cm³/mol. The van der Waals surface area contributed by atoms with Gasteiger partial charge in [-0.05, 0) is 65.9 Å². The third-order valence-corrected chi connectivity index (χ3v) is 5.93. The summed E-state index contributed by atoms with van der Waals surface area (Å²) < 4.78 is 28.3. The van der Waals surface area contributed by atoms with Crippen LogP contribution < -0.4 is 10.0 Å². The summed E-state index contributed by atoms with van der Waals surface area (Å²) in [6.07, 6.45) is 1.06. The van der Waals surface area contributed by atoms with E-state index in [9.17, 15) is 8.42 Å². The van der Waals surface area contributed by atoms with E-state index in [0.717, 1.165) is 21.4 Å². The molecule has 0 radical (unpaired) electrons. The molecule has 7 heteroatoms. The van der Waals surface area contributed by atoms with Gasteiger partial charge in [0.05, 0.1) is 4.90 Å². The topological polar surface area (TPSA) is 58.2 Å². The molecule has 0 atom stereocenters. The Morgan fingerprint density at radius 2 is 1.95 bits per heavy atom. The molecular formula is C14H17IN2O2S2. The summed E-state index contributed by atoms with van der Waals surface area (Å²) in [6.45, 7) is 3.74. The molecule has 0 aliphatic heterocycles. The van der Waals surface area contributed by atoms with Crippen molar-refractivity contribution in [1.82, 2.24) is 5.32 Å². The lowest BCUT2D eigenvalue weighted by atomic mass is 10.3. The Morgan fingerprint density at radius 3 is 2.62 bits per heavy atom. The van der Waals surface area contributed by atoms with E-state index in [2.05, 4.69) is 39.6 Å². The number of sulfonamides is 1. The molecule has 1 aromatic carbocycles. The van der Waals surface area contributed by atoms with Crippen molar-refractivity contribution in [2.75, 3.05) is 11.3 Å². The van der Waals surface area contributed by atoms with Gasteiger partial charge in [0.2, 0.25) is 0 Å². The smallest absolute Gasteiger partial charge is 0.262 e. The maximum Gasteiger partial charge on any atom is 0.262 e. The molecule has 0 aliphatic carbocycles. The van der Waals surface area contributed by atoms with Crippen molar-refractivity contribution < 1.29 is 8.42 Å². The fourth-order valence-corrected chi connectivity index (χ4v) is 4.38. The van der Waals surface area contributed by atoms with Crippen LogP contribution in [-0.2, 0) is 16.6 Å². The normalized spacial score (nSPS) is 11.5. The molecule has 0 aliphatic rings. The third kappa shape index (κ3) is 4.94. The minimum Gasteiger partial charge on any atom is -0.312 e. The Labute approximate surface area is 143 Å². The van der Waals surface area contributed by atoms with Gasteiger partial charge in [-0.1, -0.05) is 6.92 Å². The molecule has 0 unspecified atom stereocenters. The van der Waals surface area contributed by atoms with Gasteiger partial charge in [-0.15, -0.1) is 11.3 Å². The molecule has 0 spiro atoms. The number of thiophene rings is 1. The van der Waals surface area contributed by atoms with Gasteiger partial charge in [0.15, 0.2) is 0 Å². The van der Waals surface area contributed by atoms with Crippen LogP contribution in [0.15, 0.2) is 40.6 Å². The van der Waals surface area contributed by atoms with Crippen LogP contribution in [0, 0.1) is 3.57 Å². The standard InChI is InChI=1S/C14H17IN2O2S2/c1-2-7-16-9-13-8-14(10-20-13)21(18,19)17-12-5-3-11(15)4-6-12/h3-6,8,10,16-17H,2,7,9H2,1H3. The van der Waals surface area contributed by atoms with Crippen LogP contribution >= 0.6 is 33.9 Å². The van der Waals surface area contributed by atoms with Gasteiger partial charge >= 0.3 is 0 Å². The molecule has 2 N–H and O–H groups in total. The van der Waals surface area contributed by atoms with Crippen molar-refractivity contribution in [3.8, 4) is 0 Å². The second-order valence-corrected chi connectivity index (χ2v) is 8.46. The molecule has 4 nitrogen and oxygen atoms in total. The summed E-state index contributed by atoms with van der Waals surface area (Å²) in [7, 11) is -3.51. The number of nitrogens with one attached hydrogen (secondary N) is 2. The van der Waals surface area contributed by atoms with Crippen LogP contribution in [0.4, 0.5) is 5.69 Å². The zero-order valence-electron chi connectivity index (χ0n) is 11.6. The first-order valence-corrected chi connectivity index (χ1v) is 10.0. The minimum atomic E-state index is -3.51. The number of benzene rings is 1. The second kappa shape index (κ2) is 7.57. The molecule has 21 heavy (non-hydrogen) atoms. The van der Waals surface area contributed by atoms with Crippen molar-refractivity contribution in [2.45, 2.75) is 24.8 Å². The van der Waals surface area contributed by atoms with Crippen molar-refractivity contribution in [3.05, 3.63) is 44.2 Å². The molecule has 0 bridgehead atoms. The van der Waals surface area contributed by atoms with Crippen LogP contribution in [0.2, 0.25) is 0 Å². The van der Waals surface area contributed by atoms with E-state index >= 15 is 0 Å². The van der Waals surface area contributed by atoms with Crippen molar-refractivity contribution in [3.63, 3.8) is 0 Å². The number of rotatable bonds is 7. The fraction of sp³-hybridized carbons (Fsp3) is 0.286. The van der Waals surface area contributed by atoms with Crippen LogP contribution in [0.3, 0.4) is 0 Å². The number of hydrogen-bond acceptors (Lipinski definition) is 4. The lowest BCUT2D eigenvalue weighted by Crippen LogP contribution is -2.13. The highest BCUT2D eigenvalue weighted by Gasteiger charge is 2.16. The number of halogens is 1. The minimum absolute atomic E-state index is 0.319. The Bertz CT molecular complexity index is 681. The molecule has 114 valence electrons. The highest BCUT2D eigenvalue weighted by molar-refractivity contribution is 14.1. The number of hydrogen-bond donors (Lipinski definition) is 2. The first-order valence-electron chi connectivity index (χ1n) is 6.58. The summed E-state index contributed by atoms with van der Waals surface area (Å²) >= 11 is 3.64. The molecule has 2 rings (SSSR count). The van der Waals surface area contributed by atoms with E-state index < -0.39 is 10.0 Å². The largest absolute Gasteiger partial charge is 0.312 e. The maximum atomic E-state index is 12.3. The Kier molecular flexibility index (Phi) is 6.03. The number of anilines is 1. The monoisotopic (exact) mass is 436 g/mol. The quantitative estimate of drug-likeness (QED) is 0.515. The van der Waals surface area contributed by atoms with E-state index in [-0.39, 0.29) is 0 Å². The molecular weight excluding hydrogens is 419 g/mol. The van der Waals surface area contributed by atoms with Crippen molar-refractivity contribution in [2.24, 2.45) is 0 Å². The van der Waals surface area contributed by atoms with Gasteiger partial charge in [-0.25, -0.2) is 8.42 Å². The van der Waals surface area contributed by atoms with Crippen molar-refractivity contribution in [1.29, 1.82) is 0 Å². The van der Waals surface area contributed by atoms with E-state index in [1.807, 2.05) is 12.1 Å². The van der Waals surface area contributed by atoms with Gasteiger partial charge in [-0.3, -0.25) is 4.72 Å². The highest BCUT2D eigenvalue weighted by Crippen LogP contribution is 2.22.